The van der Waals surface area contributed by atoms with Crippen molar-refractivity contribution in [3.05, 3.63) is 0 Å². The van der Waals surface area contributed by atoms with Crippen molar-refractivity contribution in [1.82, 2.24) is 5.32 Å². The number of amides is 1. The molecule has 0 radical (unpaired) electrons. The number of aliphatic carboxylic acids is 1. The van der Waals surface area contributed by atoms with Crippen LogP contribution in [0.15, 0.2) is 0 Å². The van der Waals surface area contributed by atoms with Gasteiger partial charge in [-0.1, -0.05) is 20.8 Å². The van der Waals surface area contributed by atoms with Gasteiger partial charge < -0.3 is 10.4 Å². The van der Waals surface area contributed by atoms with Gasteiger partial charge >= 0.3 is 5.97 Å². The predicted molar refractivity (Wildman–Crippen MR) is 65.5 cm³/mol. The van der Waals surface area contributed by atoms with E-state index in [1.54, 1.807) is 0 Å². The van der Waals surface area contributed by atoms with E-state index in [9.17, 15) is 9.59 Å². The van der Waals surface area contributed by atoms with Crippen LogP contribution in [-0.2, 0) is 9.59 Å². The molecule has 0 aliphatic heterocycles. The lowest BCUT2D eigenvalue weighted by atomic mass is 9.87. The molecule has 0 heterocycles. The maximum Gasteiger partial charge on any atom is 0.306 e. The lowest BCUT2D eigenvalue weighted by molar-refractivity contribution is -0.141. The molecule has 0 bridgehead atoms. The van der Waals surface area contributed by atoms with Gasteiger partial charge in [-0.3, -0.25) is 9.59 Å². The molecule has 4 heteroatoms. The fourth-order valence-electron chi connectivity index (χ4n) is 1.99. The largest absolute Gasteiger partial charge is 0.481 e. The van der Waals surface area contributed by atoms with E-state index in [4.69, 9.17) is 5.11 Å². The second-order valence-corrected chi connectivity index (χ2v) is 6.14. The van der Waals surface area contributed by atoms with Crippen LogP contribution in [0.4, 0.5) is 0 Å². The minimum atomic E-state index is -0.774. The van der Waals surface area contributed by atoms with Gasteiger partial charge in [-0.2, -0.15) is 0 Å². The molecular formula is C13H23NO3. The first kappa shape index (κ1) is 14.0. The number of carboxylic acids is 1. The first-order valence-corrected chi connectivity index (χ1v) is 6.25. The zero-order valence-corrected chi connectivity index (χ0v) is 11.1. The zero-order chi connectivity index (χ0) is 13.2. The van der Waals surface area contributed by atoms with E-state index < -0.39 is 5.97 Å². The van der Waals surface area contributed by atoms with Gasteiger partial charge in [0.1, 0.15) is 0 Å². The van der Waals surface area contributed by atoms with Crippen LogP contribution in [0.1, 0.15) is 47.0 Å². The normalized spacial score (nSPS) is 26.6. The van der Waals surface area contributed by atoms with E-state index in [1.165, 1.54) is 0 Å². The first-order valence-electron chi connectivity index (χ1n) is 6.25. The van der Waals surface area contributed by atoms with Crippen molar-refractivity contribution in [3.8, 4) is 0 Å². The molecule has 1 aliphatic carbocycles. The minimum absolute atomic E-state index is 0.0103. The van der Waals surface area contributed by atoms with Gasteiger partial charge in [-0.05, 0) is 31.6 Å². The lowest BCUT2D eigenvalue weighted by Crippen LogP contribution is -2.43. The molecule has 1 saturated carbocycles. The highest BCUT2D eigenvalue weighted by Crippen LogP contribution is 2.31. The smallest absolute Gasteiger partial charge is 0.306 e. The quantitative estimate of drug-likeness (QED) is 0.794. The maximum atomic E-state index is 12.0. The fourth-order valence-corrected chi connectivity index (χ4v) is 1.99. The van der Waals surface area contributed by atoms with Crippen LogP contribution in [0.2, 0.25) is 0 Å². The first-order chi connectivity index (χ1) is 7.71. The molecule has 0 aromatic carbocycles. The molecule has 0 aromatic rings. The number of nitrogens with one attached hydrogen (secondary N) is 1. The number of hydrogen-bond acceptors (Lipinski definition) is 2. The lowest BCUT2D eigenvalue weighted by Gasteiger charge is -2.29. The summed E-state index contributed by atoms with van der Waals surface area (Å²) in [6.45, 7) is 8.22. The van der Waals surface area contributed by atoms with Crippen LogP contribution < -0.4 is 5.32 Å². The molecular weight excluding hydrogens is 218 g/mol. The van der Waals surface area contributed by atoms with Gasteiger partial charge in [0.05, 0.1) is 5.92 Å². The van der Waals surface area contributed by atoms with Crippen LogP contribution in [0, 0.1) is 17.3 Å². The standard InChI is InChI=1S/C13H23NO3/c1-8(13(2,3)4)14-11(15)9-5-6-10(7-9)12(16)17/h8-10H,5-7H2,1-4H3,(H,14,15)(H,16,17)/t8?,9-,10+/m1/s1. The summed E-state index contributed by atoms with van der Waals surface area (Å²) in [4.78, 5) is 22.8. The number of carbonyl (C=O) groups is 2. The van der Waals surface area contributed by atoms with Crippen LogP contribution in [0.25, 0.3) is 0 Å². The summed E-state index contributed by atoms with van der Waals surface area (Å²) in [5.41, 5.74) is 0.0282. The molecule has 0 saturated heterocycles. The monoisotopic (exact) mass is 241 g/mol. The summed E-state index contributed by atoms with van der Waals surface area (Å²) in [7, 11) is 0. The van der Waals surface area contributed by atoms with Crippen molar-refractivity contribution in [2.75, 3.05) is 0 Å². The molecule has 17 heavy (non-hydrogen) atoms. The van der Waals surface area contributed by atoms with Gasteiger partial charge in [0.2, 0.25) is 5.91 Å². The summed E-state index contributed by atoms with van der Waals surface area (Å²) >= 11 is 0. The highest BCUT2D eigenvalue weighted by molar-refractivity contribution is 5.81. The Labute approximate surface area is 103 Å². The van der Waals surface area contributed by atoms with Crippen molar-refractivity contribution in [1.29, 1.82) is 0 Å². The molecule has 0 spiro atoms. The summed E-state index contributed by atoms with van der Waals surface area (Å²) in [5.74, 6) is -1.23. The molecule has 4 nitrogen and oxygen atoms in total. The molecule has 3 atom stereocenters. The Hall–Kier alpha value is -1.06. The second-order valence-electron chi connectivity index (χ2n) is 6.14. The molecule has 0 aromatic heterocycles. The summed E-state index contributed by atoms with van der Waals surface area (Å²) in [6, 6.07) is 0.0962. The highest BCUT2D eigenvalue weighted by Gasteiger charge is 2.35. The molecule has 1 rings (SSSR count). The third-order valence-corrected chi connectivity index (χ3v) is 3.81. The predicted octanol–water partition coefficient (Wildman–Crippen LogP) is 2.04. The molecule has 1 amide bonds. The summed E-state index contributed by atoms with van der Waals surface area (Å²) in [5, 5.41) is 11.9. The van der Waals surface area contributed by atoms with Crippen molar-refractivity contribution in [3.63, 3.8) is 0 Å². The van der Waals surface area contributed by atoms with E-state index in [-0.39, 0.29) is 29.2 Å². The third-order valence-electron chi connectivity index (χ3n) is 3.81. The van der Waals surface area contributed by atoms with Crippen LogP contribution in [-0.4, -0.2) is 23.0 Å². The molecule has 1 aliphatic rings. The van der Waals surface area contributed by atoms with Crippen LogP contribution >= 0.6 is 0 Å². The van der Waals surface area contributed by atoms with Crippen LogP contribution in [0.3, 0.4) is 0 Å². The van der Waals surface area contributed by atoms with Crippen molar-refractivity contribution >= 4 is 11.9 Å². The van der Waals surface area contributed by atoms with Gasteiger partial charge in [0.25, 0.3) is 0 Å². The van der Waals surface area contributed by atoms with Crippen molar-refractivity contribution in [2.45, 2.75) is 53.0 Å². The molecule has 1 unspecified atom stereocenters. The van der Waals surface area contributed by atoms with Crippen molar-refractivity contribution in [2.24, 2.45) is 17.3 Å². The third kappa shape index (κ3) is 3.72. The van der Waals surface area contributed by atoms with Gasteiger partial charge in [0.15, 0.2) is 0 Å². The van der Waals surface area contributed by atoms with E-state index >= 15 is 0 Å². The number of carbonyl (C=O) groups excluding carboxylic acids is 1. The second kappa shape index (κ2) is 5.07. The van der Waals surface area contributed by atoms with E-state index in [2.05, 4.69) is 26.1 Å². The highest BCUT2D eigenvalue weighted by atomic mass is 16.4. The zero-order valence-electron chi connectivity index (χ0n) is 11.1. The SMILES string of the molecule is CC(NC(=O)[C@@H]1CC[C@H](C(=O)O)C1)C(C)(C)C. The molecule has 98 valence electrons. The van der Waals surface area contributed by atoms with Gasteiger partial charge in [-0.15, -0.1) is 0 Å². The average Bonchev–Trinajstić information content (AvgIpc) is 2.64. The Kier molecular flexibility index (Phi) is 4.17. The van der Waals surface area contributed by atoms with E-state index in [0.717, 1.165) is 0 Å². The number of rotatable bonds is 3. The van der Waals surface area contributed by atoms with Gasteiger partial charge in [0, 0.05) is 12.0 Å². The van der Waals surface area contributed by atoms with Crippen LogP contribution in [0.5, 0.6) is 0 Å². The average molecular weight is 241 g/mol. The van der Waals surface area contributed by atoms with Gasteiger partial charge in [-0.25, -0.2) is 0 Å². The fraction of sp³-hybridized carbons (Fsp3) is 0.846. The summed E-state index contributed by atoms with van der Waals surface area (Å²) < 4.78 is 0. The van der Waals surface area contributed by atoms with Crippen molar-refractivity contribution < 1.29 is 14.7 Å². The topological polar surface area (TPSA) is 66.4 Å². The number of hydrogen-bond donors (Lipinski definition) is 2. The Bertz CT molecular complexity index is 306. The molecule has 1 fully saturated rings. The Morgan fingerprint density at radius 1 is 1.24 bits per heavy atom. The molecule has 2 N–H and O–H groups in total. The van der Waals surface area contributed by atoms with E-state index in [0.29, 0.717) is 19.3 Å². The Morgan fingerprint density at radius 2 is 1.76 bits per heavy atom. The Balaban J connectivity index is 2.48. The summed E-state index contributed by atoms with van der Waals surface area (Å²) in [6.07, 6.45) is 1.80. The van der Waals surface area contributed by atoms with E-state index in [1.807, 2.05) is 6.92 Å². The number of carboxylic acid groups (broad SMARTS) is 1. The minimum Gasteiger partial charge on any atom is -0.481 e. The Morgan fingerprint density at radius 3 is 2.18 bits per heavy atom. The maximum absolute atomic E-state index is 12.0.